The van der Waals surface area contributed by atoms with Gasteiger partial charge in [0.25, 0.3) is 0 Å². The lowest BCUT2D eigenvalue weighted by Gasteiger charge is -2.22. The van der Waals surface area contributed by atoms with Crippen molar-refractivity contribution in [3.05, 3.63) is 18.2 Å². The SMILES string of the molecule is COc1cc(N)cc(NC2CCN3CCCC23)c1. The summed E-state index contributed by atoms with van der Waals surface area (Å²) in [6, 6.07) is 7.12. The number of hydrogen-bond donors (Lipinski definition) is 2. The fraction of sp³-hybridized carbons (Fsp3) is 0.571. The second kappa shape index (κ2) is 4.69. The molecule has 2 saturated heterocycles. The van der Waals surface area contributed by atoms with Crippen molar-refractivity contribution in [2.75, 3.05) is 31.2 Å². The van der Waals surface area contributed by atoms with E-state index < -0.39 is 0 Å². The Morgan fingerprint density at radius 1 is 1.28 bits per heavy atom. The van der Waals surface area contributed by atoms with Gasteiger partial charge in [-0.25, -0.2) is 0 Å². The van der Waals surface area contributed by atoms with Gasteiger partial charge in [0, 0.05) is 42.1 Å². The molecule has 0 spiro atoms. The van der Waals surface area contributed by atoms with Gasteiger partial charge in [0.15, 0.2) is 0 Å². The number of rotatable bonds is 3. The molecule has 0 aliphatic carbocycles. The van der Waals surface area contributed by atoms with E-state index >= 15 is 0 Å². The fourth-order valence-corrected chi connectivity index (χ4v) is 3.29. The largest absolute Gasteiger partial charge is 0.497 e. The van der Waals surface area contributed by atoms with Crippen LogP contribution in [-0.2, 0) is 0 Å². The number of nitrogens with one attached hydrogen (secondary N) is 1. The van der Waals surface area contributed by atoms with Crippen molar-refractivity contribution >= 4 is 11.4 Å². The van der Waals surface area contributed by atoms with Crippen LogP contribution in [0.4, 0.5) is 11.4 Å². The minimum Gasteiger partial charge on any atom is -0.497 e. The van der Waals surface area contributed by atoms with Crippen LogP contribution in [0.3, 0.4) is 0 Å². The molecule has 4 heteroatoms. The molecule has 0 bridgehead atoms. The summed E-state index contributed by atoms with van der Waals surface area (Å²) in [6.07, 6.45) is 3.88. The van der Waals surface area contributed by atoms with Gasteiger partial charge in [-0.1, -0.05) is 0 Å². The van der Waals surface area contributed by atoms with Gasteiger partial charge < -0.3 is 15.8 Å². The molecule has 0 aromatic heterocycles. The van der Waals surface area contributed by atoms with Gasteiger partial charge in [0.05, 0.1) is 7.11 Å². The Labute approximate surface area is 108 Å². The van der Waals surface area contributed by atoms with Crippen LogP contribution in [0.25, 0.3) is 0 Å². The molecule has 0 amide bonds. The van der Waals surface area contributed by atoms with Crippen LogP contribution in [-0.4, -0.2) is 37.2 Å². The molecule has 2 unspecified atom stereocenters. The zero-order valence-corrected chi connectivity index (χ0v) is 10.9. The molecule has 1 aromatic rings. The van der Waals surface area contributed by atoms with Crippen molar-refractivity contribution in [2.45, 2.75) is 31.3 Å². The lowest BCUT2D eigenvalue weighted by atomic mass is 10.1. The number of anilines is 2. The molecule has 4 nitrogen and oxygen atoms in total. The normalized spacial score (nSPS) is 27.2. The summed E-state index contributed by atoms with van der Waals surface area (Å²) in [4.78, 5) is 2.60. The van der Waals surface area contributed by atoms with Gasteiger partial charge in [-0.3, -0.25) is 4.90 Å². The molecule has 98 valence electrons. The minimum atomic E-state index is 0.555. The van der Waals surface area contributed by atoms with Gasteiger partial charge in [-0.05, 0) is 31.9 Å². The van der Waals surface area contributed by atoms with E-state index in [2.05, 4.69) is 10.2 Å². The monoisotopic (exact) mass is 247 g/mol. The zero-order chi connectivity index (χ0) is 12.5. The third kappa shape index (κ3) is 2.12. The second-order valence-electron chi connectivity index (χ2n) is 5.28. The Balaban J connectivity index is 1.74. The molecule has 0 saturated carbocycles. The molecular weight excluding hydrogens is 226 g/mol. The van der Waals surface area contributed by atoms with Crippen LogP contribution in [0, 0.1) is 0 Å². The highest BCUT2D eigenvalue weighted by Crippen LogP contribution is 2.31. The van der Waals surface area contributed by atoms with Crippen molar-refractivity contribution in [3.8, 4) is 5.75 Å². The first-order chi connectivity index (χ1) is 8.76. The number of nitrogens with zero attached hydrogens (tertiary/aromatic N) is 1. The van der Waals surface area contributed by atoms with Crippen LogP contribution in [0.2, 0.25) is 0 Å². The lowest BCUT2D eigenvalue weighted by molar-refractivity contribution is 0.318. The predicted octanol–water partition coefficient (Wildman–Crippen LogP) is 1.93. The molecule has 2 aliphatic heterocycles. The first kappa shape index (κ1) is 11.7. The average molecular weight is 247 g/mol. The number of nitrogens with two attached hydrogens (primary N) is 1. The highest BCUT2D eigenvalue weighted by molar-refractivity contribution is 5.59. The van der Waals surface area contributed by atoms with Crippen LogP contribution in [0.15, 0.2) is 18.2 Å². The van der Waals surface area contributed by atoms with E-state index in [4.69, 9.17) is 10.5 Å². The Kier molecular flexibility index (Phi) is 3.04. The van der Waals surface area contributed by atoms with Crippen molar-refractivity contribution in [2.24, 2.45) is 0 Å². The third-order valence-corrected chi connectivity index (χ3v) is 4.12. The van der Waals surface area contributed by atoms with E-state index in [-0.39, 0.29) is 0 Å². The summed E-state index contributed by atoms with van der Waals surface area (Å²) < 4.78 is 5.26. The number of ether oxygens (including phenoxy) is 1. The number of benzene rings is 1. The molecule has 1 aromatic carbocycles. The van der Waals surface area contributed by atoms with Crippen LogP contribution in [0.5, 0.6) is 5.75 Å². The van der Waals surface area contributed by atoms with Gasteiger partial charge in [0.1, 0.15) is 5.75 Å². The van der Waals surface area contributed by atoms with Crippen LogP contribution >= 0.6 is 0 Å². The van der Waals surface area contributed by atoms with E-state index in [9.17, 15) is 0 Å². The minimum absolute atomic E-state index is 0.555. The number of fused-ring (bicyclic) bond motifs is 1. The maximum absolute atomic E-state index is 5.89. The average Bonchev–Trinajstić information content (AvgIpc) is 2.93. The molecule has 3 rings (SSSR count). The number of methoxy groups -OCH3 is 1. The molecule has 0 radical (unpaired) electrons. The Morgan fingerprint density at radius 2 is 2.17 bits per heavy atom. The van der Waals surface area contributed by atoms with E-state index in [1.807, 2.05) is 18.2 Å². The summed E-state index contributed by atoms with van der Waals surface area (Å²) in [5, 5.41) is 3.63. The van der Waals surface area contributed by atoms with Gasteiger partial charge in [0.2, 0.25) is 0 Å². The summed E-state index contributed by atoms with van der Waals surface area (Å²) >= 11 is 0. The maximum Gasteiger partial charge on any atom is 0.122 e. The zero-order valence-electron chi connectivity index (χ0n) is 10.9. The van der Waals surface area contributed by atoms with Gasteiger partial charge in [-0.2, -0.15) is 0 Å². The number of nitrogen functional groups attached to an aromatic ring is 1. The van der Waals surface area contributed by atoms with E-state index in [0.717, 1.165) is 17.1 Å². The molecule has 2 heterocycles. The van der Waals surface area contributed by atoms with Gasteiger partial charge in [-0.15, -0.1) is 0 Å². The summed E-state index contributed by atoms with van der Waals surface area (Å²) in [5.74, 6) is 0.818. The maximum atomic E-state index is 5.89. The van der Waals surface area contributed by atoms with Gasteiger partial charge >= 0.3 is 0 Å². The Hall–Kier alpha value is -1.42. The van der Waals surface area contributed by atoms with Crippen molar-refractivity contribution in [1.82, 2.24) is 4.90 Å². The molecule has 18 heavy (non-hydrogen) atoms. The fourth-order valence-electron chi connectivity index (χ4n) is 3.29. The number of hydrogen-bond acceptors (Lipinski definition) is 4. The Bertz CT molecular complexity index is 435. The molecular formula is C14H21N3O. The topological polar surface area (TPSA) is 50.5 Å². The second-order valence-corrected chi connectivity index (χ2v) is 5.28. The smallest absolute Gasteiger partial charge is 0.122 e. The van der Waals surface area contributed by atoms with E-state index in [1.165, 1.54) is 32.4 Å². The Morgan fingerprint density at radius 3 is 3.00 bits per heavy atom. The van der Waals surface area contributed by atoms with E-state index in [1.54, 1.807) is 7.11 Å². The van der Waals surface area contributed by atoms with Crippen LogP contribution in [0.1, 0.15) is 19.3 Å². The first-order valence-electron chi connectivity index (χ1n) is 6.71. The highest BCUT2D eigenvalue weighted by Gasteiger charge is 2.36. The molecule has 2 fully saturated rings. The highest BCUT2D eigenvalue weighted by atomic mass is 16.5. The van der Waals surface area contributed by atoms with E-state index in [0.29, 0.717) is 12.1 Å². The predicted molar refractivity (Wildman–Crippen MR) is 74.0 cm³/mol. The quantitative estimate of drug-likeness (QED) is 0.801. The summed E-state index contributed by atoms with van der Waals surface area (Å²) in [7, 11) is 1.67. The molecule has 2 atom stereocenters. The van der Waals surface area contributed by atoms with Crippen molar-refractivity contribution in [1.29, 1.82) is 0 Å². The first-order valence-corrected chi connectivity index (χ1v) is 6.71. The van der Waals surface area contributed by atoms with Crippen molar-refractivity contribution in [3.63, 3.8) is 0 Å². The summed E-state index contributed by atoms with van der Waals surface area (Å²) in [5.41, 5.74) is 7.71. The van der Waals surface area contributed by atoms with Crippen molar-refractivity contribution < 1.29 is 4.74 Å². The molecule has 3 N–H and O–H groups in total. The van der Waals surface area contributed by atoms with Crippen LogP contribution < -0.4 is 15.8 Å². The standard InChI is InChI=1S/C14H21N3O/c1-18-12-8-10(15)7-11(9-12)16-13-4-6-17-5-2-3-14(13)17/h7-9,13-14,16H,2-6,15H2,1H3. The molecule has 2 aliphatic rings. The lowest BCUT2D eigenvalue weighted by Crippen LogP contribution is -2.33. The summed E-state index contributed by atoms with van der Waals surface area (Å²) in [6.45, 7) is 2.49. The third-order valence-electron chi connectivity index (χ3n) is 4.12.